The average Bonchev–Trinajstić information content (AvgIpc) is 2.88. The van der Waals surface area contributed by atoms with Crippen molar-refractivity contribution < 1.29 is 9.90 Å². The van der Waals surface area contributed by atoms with Crippen LogP contribution in [0, 0.1) is 5.92 Å². The summed E-state index contributed by atoms with van der Waals surface area (Å²) in [5.41, 5.74) is 5.55. The predicted octanol–water partition coefficient (Wildman–Crippen LogP) is 4.92. The molecule has 0 radical (unpaired) electrons. The van der Waals surface area contributed by atoms with E-state index in [1.165, 1.54) is 22.5 Å². The third-order valence-corrected chi connectivity index (χ3v) is 6.19. The quantitative estimate of drug-likeness (QED) is 0.681. The molecule has 0 amide bonds. The van der Waals surface area contributed by atoms with Crippen LogP contribution in [0.25, 0.3) is 0 Å². The van der Waals surface area contributed by atoms with Crippen molar-refractivity contribution in [2.45, 2.75) is 38.5 Å². The second kappa shape index (κ2) is 10.1. The highest BCUT2D eigenvalue weighted by Crippen LogP contribution is 2.36. The SMILES string of the molecule is Cl.O=C(O)[C@@H]1CCCN(CCCCN2c3ccccc3CCc3ccccc32)C1. The van der Waals surface area contributed by atoms with Crippen molar-refractivity contribution >= 4 is 29.8 Å². The van der Waals surface area contributed by atoms with Gasteiger partial charge in [0, 0.05) is 24.5 Å². The molecule has 0 aliphatic carbocycles. The Hall–Kier alpha value is -2.04. The maximum atomic E-state index is 11.3. The van der Waals surface area contributed by atoms with Crippen molar-refractivity contribution in [2.24, 2.45) is 5.92 Å². The molecule has 5 heteroatoms. The van der Waals surface area contributed by atoms with Gasteiger partial charge in [0.2, 0.25) is 0 Å². The van der Waals surface area contributed by atoms with E-state index in [1.807, 2.05) is 0 Å². The van der Waals surface area contributed by atoms with Gasteiger partial charge in [-0.15, -0.1) is 12.4 Å². The monoisotopic (exact) mass is 414 g/mol. The number of carboxylic acid groups (broad SMARTS) is 1. The summed E-state index contributed by atoms with van der Waals surface area (Å²) in [7, 11) is 0. The van der Waals surface area contributed by atoms with E-state index in [4.69, 9.17) is 0 Å². The molecule has 0 spiro atoms. The number of hydrogen-bond donors (Lipinski definition) is 1. The predicted molar refractivity (Wildman–Crippen MR) is 121 cm³/mol. The standard InChI is InChI=1S/C24H30N2O2.ClH/c27-24(28)21-10-7-16-25(18-21)15-5-6-17-26-22-11-3-1-8-19(22)13-14-20-9-2-4-12-23(20)26;/h1-4,8-9,11-12,21H,5-7,10,13-18H2,(H,27,28);1H/t21-;/m1./s1. The molecule has 2 aliphatic rings. The van der Waals surface area contributed by atoms with Gasteiger partial charge in [-0.25, -0.2) is 0 Å². The Morgan fingerprint density at radius 2 is 1.52 bits per heavy atom. The van der Waals surface area contributed by atoms with E-state index in [0.29, 0.717) is 6.54 Å². The molecule has 2 aromatic carbocycles. The van der Waals surface area contributed by atoms with Crippen molar-refractivity contribution in [2.75, 3.05) is 31.1 Å². The van der Waals surface area contributed by atoms with Crippen LogP contribution in [0.2, 0.25) is 0 Å². The summed E-state index contributed by atoms with van der Waals surface area (Å²) >= 11 is 0. The average molecular weight is 415 g/mol. The lowest BCUT2D eigenvalue weighted by molar-refractivity contribution is -0.143. The maximum absolute atomic E-state index is 11.3. The van der Waals surface area contributed by atoms with Crippen LogP contribution in [0.5, 0.6) is 0 Å². The molecule has 1 saturated heterocycles. The fourth-order valence-corrected chi connectivity index (χ4v) is 4.68. The number of halogens is 1. The fraction of sp³-hybridized carbons (Fsp3) is 0.458. The lowest BCUT2D eigenvalue weighted by Gasteiger charge is -2.31. The third-order valence-electron chi connectivity index (χ3n) is 6.19. The maximum Gasteiger partial charge on any atom is 0.307 e. The van der Waals surface area contributed by atoms with Gasteiger partial charge < -0.3 is 14.9 Å². The number of carbonyl (C=O) groups is 1. The number of likely N-dealkylation sites (tertiary alicyclic amines) is 1. The number of anilines is 2. The van der Waals surface area contributed by atoms with E-state index < -0.39 is 5.97 Å². The zero-order chi connectivity index (χ0) is 19.3. The number of carboxylic acids is 1. The number of nitrogens with zero attached hydrogens (tertiary/aromatic N) is 2. The Morgan fingerprint density at radius 1 is 0.931 bits per heavy atom. The first-order valence-electron chi connectivity index (χ1n) is 10.6. The van der Waals surface area contributed by atoms with Gasteiger partial charge in [-0.2, -0.15) is 0 Å². The Kier molecular flexibility index (Phi) is 7.57. The number of piperidine rings is 1. The molecule has 1 atom stereocenters. The van der Waals surface area contributed by atoms with Crippen LogP contribution in [0.3, 0.4) is 0 Å². The van der Waals surface area contributed by atoms with Crippen LogP contribution >= 0.6 is 12.4 Å². The van der Waals surface area contributed by atoms with Crippen molar-refractivity contribution in [3.8, 4) is 0 Å². The van der Waals surface area contributed by atoms with Gasteiger partial charge in [-0.3, -0.25) is 4.79 Å². The minimum Gasteiger partial charge on any atom is -0.481 e. The lowest BCUT2D eigenvalue weighted by atomic mass is 9.98. The van der Waals surface area contributed by atoms with Gasteiger partial charge in [0.15, 0.2) is 0 Å². The van der Waals surface area contributed by atoms with E-state index in [-0.39, 0.29) is 18.3 Å². The fourth-order valence-electron chi connectivity index (χ4n) is 4.68. The second-order valence-corrected chi connectivity index (χ2v) is 8.09. The van der Waals surface area contributed by atoms with E-state index in [0.717, 1.165) is 58.2 Å². The molecule has 2 aromatic rings. The van der Waals surface area contributed by atoms with Gasteiger partial charge in [-0.1, -0.05) is 36.4 Å². The number of unbranched alkanes of at least 4 members (excludes halogenated alkanes) is 1. The van der Waals surface area contributed by atoms with Crippen molar-refractivity contribution in [1.29, 1.82) is 0 Å². The number of benzene rings is 2. The summed E-state index contributed by atoms with van der Waals surface area (Å²) in [6.45, 7) is 3.76. The summed E-state index contributed by atoms with van der Waals surface area (Å²) in [4.78, 5) is 16.1. The first-order valence-corrected chi connectivity index (χ1v) is 10.6. The van der Waals surface area contributed by atoms with Gasteiger partial charge in [0.25, 0.3) is 0 Å². The van der Waals surface area contributed by atoms with E-state index in [2.05, 4.69) is 58.3 Å². The van der Waals surface area contributed by atoms with Crippen LogP contribution in [0.1, 0.15) is 36.8 Å². The summed E-state index contributed by atoms with van der Waals surface area (Å²) in [6, 6.07) is 17.6. The summed E-state index contributed by atoms with van der Waals surface area (Å²) in [5, 5.41) is 9.28. The normalized spacial score (nSPS) is 18.9. The van der Waals surface area contributed by atoms with Crippen LogP contribution in [-0.2, 0) is 17.6 Å². The first kappa shape index (κ1) is 21.7. The molecule has 1 N–H and O–H groups in total. The topological polar surface area (TPSA) is 43.8 Å². The second-order valence-electron chi connectivity index (χ2n) is 8.09. The number of aryl methyl sites for hydroxylation is 2. The molecule has 4 nitrogen and oxygen atoms in total. The molecule has 156 valence electrons. The van der Waals surface area contributed by atoms with Gasteiger partial charge in [-0.05, 0) is 74.9 Å². The Labute approximate surface area is 179 Å². The number of fused-ring (bicyclic) bond motifs is 2. The molecule has 4 rings (SSSR count). The summed E-state index contributed by atoms with van der Waals surface area (Å²) in [6.07, 6.45) is 6.23. The Balaban J connectivity index is 0.00000240. The number of aliphatic carboxylic acids is 1. The first-order chi connectivity index (χ1) is 13.7. The Bertz CT molecular complexity index is 779. The molecule has 1 fully saturated rings. The van der Waals surface area contributed by atoms with Crippen LogP contribution in [0.4, 0.5) is 11.4 Å². The smallest absolute Gasteiger partial charge is 0.307 e. The van der Waals surface area contributed by atoms with Gasteiger partial charge >= 0.3 is 5.97 Å². The molecule has 2 heterocycles. The van der Waals surface area contributed by atoms with Crippen LogP contribution in [0.15, 0.2) is 48.5 Å². The van der Waals surface area contributed by atoms with Crippen LogP contribution < -0.4 is 4.90 Å². The van der Waals surface area contributed by atoms with Gasteiger partial charge in [0.1, 0.15) is 0 Å². The highest BCUT2D eigenvalue weighted by atomic mass is 35.5. The largest absolute Gasteiger partial charge is 0.481 e. The molecular weight excluding hydrogens is 384 g/mol. The lowest BCUT2D eigenvalue weighted by Crippen LogP contribution is -2.39. The van der Waals surface area contributed by atoms with Crippen molar-refractivity contribution in [3.05, 3.63) is 59.7 Å². The molecular formula is C24H31ClN2O2. The third kappa shape index (κ3) is 5.12. The van der Waals surface area contributed by atoms with E-state index in [9.17, 15) is 9.90 Å². The molecule has 0 unspecified atom stereocenters. The minimum atomic E-state index is -0.637. The molecule has 2 aliphatic heterocycles. The molecule has 0 aromatic heterocycles. The minimum absolute atomic E-state index is 0. The number of para-hydroxylation sites is 2. The van der Waals surface area contributed by atoms with Crippen molar-refractivity contribution in [3.63, 3.8) is 0 Å². The highest BCUT2D eigenvalue weighted by molar-refractivity contribution is 5.85. The van der Waals surface area contributed by atoms with Crippen LogP contribution in [-0.4, -0.2) is 42.2 Å². The van der Waals surface area contributed by atoms with Gasteiger partial charge in [0.05, 0.1) is 5.92 Å². The Morgan fingerprint density at radius 3 is 2.14 bits per heavy atom. The summed E-state index contributed by atoms with van der Waals surface area (Å²) in [5.74, 6) is -0.819. The zero-order valence-corrected chi connectivity index (χ0v) is 17.7. The number of hydrogen-bond acceptors (Lipinski definition) is 3. The molecule has 0 saturated carbocycles. The highest BCUT2D eigenvalue weighted by Gasteiger charge is 2.25. The molecule has 29 heavy (non-hydrogen) atoms. The number of rotatable bonds is 6. The van der Waals surface area contributed by atoms with E-state index >= 15 is 0 Å². The summed E-state index contributed by atoms with van der Waals surface area (Å²) < 4.78 is 0. The zero-order valence-electron chi connectivity index (χ0n) is 16.9. The molecule has 0 bridgehead atoms. The van der Waals surface area contributed by atoms with Crippen molar-refractivity contribution in [1.82, 2.24) is 4.90 Å². The van der Waals surface area contributed by atoms with E-state index in [1.54, 1.807) is 0 Å².